The summed E-state index contributed by atoms with van der Waals surface area (Å²) >= 11 is 17.9. The third kappa shape index (κ3) is 2.21. The second kappa shape index (κ2) is 4.84. The van der Waals surface area contributed by atoms with Gasteiger partial charge in [-0.1, -0.05) is 34.8 Å². The Balaban J connectivity index is 2.63. The monoisotopic (exact) mass is 303 g/mol. The van der Waals surface area contributed by atoms with E-state index in [2.05, 4.69) is 0 Å². The molecule has 0 fully saturated rings. The summed E-state index contributed by atoms with van der Waals surface area (Å²) in [6.45, 7) is 0. The van der Waals surface area contributed by atoms with Crippen LogP contribution in [0.2, 0.25) is 15.1 Å². The molecule has 0 aliphatic carbocycles. The zero-order chi connectivity index (χ0) is 13.4. The number of aromatic nitrogens is 1. The fourth-order valence-electron chi connectivity index (χ4n) is 1.72. The number of benzene rings is 1. The van der Waals surface area contributed by atoms with Crippen LogP contribution in [0.15, 0.2) is 24.3 Å². The first-order chi connectivity index (χ1) is 8.41. The zero-order valence-corrected chi connectivity index (χ0v) is 11.5. The summed E-state index contributed by atoms with van der Waals surface area (Å²) in [7, 11) is 1.65. The molecule has 0 radical (unpaired) electrons. The molecule has 0 spiro atoms. The summed E-state index contributed by atoms with van der Waals surface area (Å²) in [4.78, 5) is 11.0. The molecule has 1 aromatic heterocycles. The van der Waals surface area contributed by atoms with E-state index in [0.29, 0.717) is 26.3 Å². The standard InChI is InChI=1S/C12H8Cl3NO2/c1-16-10(2-3-11(16)12(17)18)6-4-8(14)9(15)5-7(6)13/h2-5H,1H3,(H,17,18). The van der Waals surface area contributed by atoms with Crippen LogP contribution in [0.3, 0.4) is 0 Å². The van der Waals surface area contributed by atoms with Crippen molar-refractivity contribution in [2.75, 3.05) is 0 Å². The summed E-state index contributed by atoms with van der Waals surface area (Å²) in [6, 6.07) is 6.34. The summed E-state index contributed by atoms with van der Waals surface area (Å²) in [5.74, 6) is -1.00. The maximum absolute atomic E-state index is 11.0. The molecule has 3 nitrogen and oxygen atoms in total. The molecule has 2 rings (SSSR count). The molecule has 0 aliphatic heterocycles. The van der Waals surface area contributed by atoms with Gasteiger partial charge in [-0.2, -0.15) is 0 Å². The van der Waals surface area contributed by atoms with Crippen molar-refractivity contribution in [1.82, 2.24) is 4.57 Å². The first kappa shape index (κ1) is 13.3. The van der Waals surface area contributed by atoms with E-state index in [1.165, 1.54) is 16.7 Å². The number of rotatable bonds is 2. The van der Waals surface area contributed by atoms with Crippen molar-refractivity contribution in [3.05, 3.63) is 45.0 Å². The Bertz CT molecular complexity index is 634. The van der Waals surface area contributed by atoms with Crippen LogP contribution in [-0.4, -0.2) is 15.6 Å². The van der Waals surface area contributed by atoms with Crippen molar-refractivity contribution in [2.24, 2.45) is 7.05 Å². The third-order valence-corrected chi connectivity index (χ3v) is 3.66. The minimum atomic E-state index is -1.00. The van der Waals surface area contributed by atoms with Crippen molar-refractivity contribution in [3.8, 4) is 11.3 Å². The molecule has 2 aromatic rings. The average molecular weight is 305 g/mol. The van der Waals surface area contributed by atoms with E-state index >= 15 is 0 Å². The Morgan fingerprint density at radius 1 is 1.11 bits per heavy atom. The van der Waals surface area contributed by atoms with Crippen molar-refractivity contribution in [3.63, 3.8) is 0 Å². The molecule has 1 heterocycles. The second-order valence-corrected chi connectivity index (χ2v) is 4.94. The molecule has 0 atom stereocenters. The van der Waals surface area contributed by atoms with E-state index in [-0.39, 0.29) is 5.69 Å². The van der Waals surface area contributed by atoms with E-state index in [1.54, 1.807) is 19.2 Å². The lowest BCUT2D eigenvalue weighted by Gasteiger charge is -2.09. The highest BCUT2D eigenvalue weighted by molar-refractivity contribution is 6.44. The number of nitrogens with zero attached hydrogens (tertiary/aromatic N) is 1. The normalized spacial score (nSPS) is 10.7. The number of halogens is 3. The van der Waals surface area contributed by atoms with Gasteiger partial charge in [-0.05, 0) is 24.3 Å². The van der Waals surface area contributed by atoms with Gasteiger partial charge < -0.3 is 9.67 Å². The Labute approximate surface area is 119 Å². The van der Waals surface area contributed by atoms with Crippen LogP contribution >= 0.6 is 34.8 Å². The Morgan fingerprint density at radius 3 is 2.28 bits per heavy atom. The highest BCUT2D eigenvalue weighted by Gasteiger charge is 2.15. The van der Waals surface area contributed by atoms with Crippen LogP contribution in [0.1, 0.15) is 10.5 Å². The molecule has 0 aliphatic rings. The molecule has 0 bridgehead atoms. The number of aromatic carboxylic acids is 1. The number of hydrogen-bond donors (Lipinski definition) is 1. The van der Waals surface area contributed by atoms with Gasteiger partial charge in [0.2, 0.25) is 0 Å². The number of carboxylic acid groups (broad SMARTS) is 1. The minimum absolute atomic E-state index is 0.173. The Morgan fingerprint density at radius 2 is 1.72 bits per heavy atom. The largest absolute Gasteiger partial charge is 0.477 e. The predicted molar refractivity (Wildman–Crippen MR) is 72.8 cm³/mol. The summed E-state index contributed by atoms with van der Waals surface area (Å²) in [6.07, 6.45) is 0. The Hall–Kier alpha value is -1.16. The van der Waals surface area contributed by atoms with Crippen LogP contribution in [0.5, 0.6) is 0 Å². The number of carbonyl (C=O) groups is 1. The van der Waals surface area contributed by atoms with Gasteiger partial charge in [-0.15, -0.1) is 0 Å². The SMILES string of the molecule is Cn1c(C(=O)O)ccc1-c1cc(Cl)c(Cl)cc1Cl. The van der Waals surface area contributed by atoms with Crippen molar-refractivity contribution in [2.45, 2.75) is 0 Å². The highest BCUT2D eigenvalue weighted by Crippen LogP contribution is 2.35. The molecular formula is C12H8Cl3NO2. The summed E-state index contributed by atoms with van der Waals surface area (Å²) in [5, 5.41) is 10.1. The van der Waals surface area contributed by atoms with Crippen LogP contribution in [0.4, 0.5) is 0 Å². The molecular weight excluding hydrogens is 296 g/mol. The van der Waals surface area contributed by atoms with Crippen LogP contribution in [0.25, 0.3) is 11.3 Å². The fourth-order valence-corrected chi connectivity index (χ4v) is 2.36. The predicted octanol–water partition coefficient (Wildman–Crippen LogP) is 4.35. The van der Waals surface area contributed by atoms with Gasteiger partial charge in [-0.25, -0.2) is 4.79 Å². The molecule has 1 aromatic carbocycles. The van der Waals surface area contributed by atoms with Gasteiger partial charge in [0.15, 0.2) is 0 Å². The third-order valence-electron chi connectivity index (χ3n) is 2.63. The van der Waals surface area contributed by atoms with Crippen LogP contribution in [0, 0.1) is 0 Å². The van der Waals surface area contributed by atoms with E-state index in [9.17, 15) is 4.79 Å². The molecule has 94 valence electrons. The van der Waals surface area contributed by atoms with Crippen molar-refractivity contribution >= 4 is 40.8 Å². The topological polar surface area (TPSA) is 42.2 Å². The molecule has 0 unspecified atom stereocenters. The quantitative estimate of drug-likeness (QED) is 0.838. The number of carboxylic acids is 1. The molecule has 18 heavy (non-hydrogen) atoms. The van der Waals surface area contributed by atoms with Gasteiger partial charge >= 0.3 is 5.97 Å². The van der Waals surface area contributed by atoms with Crippen LogP contribution in [-0.2, 0) is 7.05 Å². The van der Waals surface area contributed by atoms with E-state index in [1.807, 2.05) is 0 Å². The van der Waals surface area contributed by atoms with Gasteiger partial charge in [0.05, 0.1) is 15.1 Å². The Kier molecular flexibility index (Phi) is 3.57. The highest BCUT2D eigenvalue weighted by atomic mass is 35.5. The fraction of sp³-hybridized carbons (Fsp3) is 0.0833. The van der Waals surface area contributed by atoms with Gasteiger partial charge in [0.1, 0.15) is 5.69 Å². The lowest BCUT2D eigenvalue weighted by atomic mass is 10.1. The van der Waals surface area contributed by atoms with Crippen LogP contribution < -0.4 is 0 Å². The van der Waals surface area contributed by atoms with Gasteiger partial charge in [-0.3, -0.25) is 0 Å². The molecule has 0 saturated carbocycles. The average Bonchev–Trinajstić information content (AvgIpc) is 2.66. The van der Waals surface area contributed by atoms with Crippen molar-refractivity contribution < 1.29 is 9.90 Å². The van der Waals surface area contributed by atoms with E-state index in [0.717, 1.165) is 0 Å². The van der Waals surface area contributed by atoms with Gasteiger partial charge in [0.25, 0.3) is 0 Å². The molecule has 0 saturated heterocycles. The second-order valence-electron chi connectivity index (χ2n) is 3.71. The smallest absolute Gasteiger partial charge is 0.352 e. The first-order valence-electron chi connectivity index (χ1n) is 4.95. The number of hydrogen-bond acceptors (Lipinski definition) is 1. The summed E-state index contributed by atoms with van der Waals surface area (Å²) in [5.41, 5.74) is 1.48. The van der Waals surface area contributed by atoms with Gasteiger partial charge in [0, 0.05) is 18.3 Å². The lowest BCUT2D eigenvalue weighted by Crippen LogP contribution is -2.05. The minimum Gasteiger partial charge on any atom is -0.477 e. The van der Waals surface area contributed by atoms with E-state index < -0.39 is 5.97 Å². The first-order valence-corrected chi connectivity index (χ1v) is 6.09. The van der Waals surface area contributed by atoms with Crippen molar-refractivity contribution in [1.29, 1.82) is 0 Å². The zero-order valence-electron chi connectivity index (χ0n) is 9.25. The summed E-state index contributed by atoms with van der Waals surface area (Å²) < 4.78 is 1.54. The lowest BCUT2D eigenvalue weighted by molar-refractivity contribution is 0.0687. The van der Waals surface area contributed by atoms with E-state index in [4.69, 9.17) is 39.9 Å². The maximum atomic E-state index is 11.0. The molecule has 0 amide bonds. The molecule has 6 heteroatoms. The maximum Gasteiger partial charge on any atom is 0.352 e. The molecule has 1 N–H and O–H groups in total.